The van der Waals surface area contributed by atoms with Crippen molar-refractivity contribution in [3.05, 3.63) is 42.0 Å². The maximum Gasteiger partial charge on any atom is 0.119 e. The molecule has 0 amide bonds. The van der Waals surface area contributed by atoms with Gasteiger partial charge in [-0.15, -0.1) is 0 Å². The quantitative estimate of drug-likeness (QED) is 0.852. The van der Waals surface area contributed by atoms with E-state index in [9.17, 15) is 5.11 Å². The van der Waals surface area contributed by atoms with Crippen LogP contribution in [-0.2, 0) is 0 Å². The van der Waals surface area contributed by atoms with Gasteiger partial charge in [0.2, 0.25) is 0 Å². The molecule has 2 rings (SSSR count). The smallest absolute Gasteiger partial charge is 0.119 e. The standard InChI is InChI=1S/C18H25NO2/c1-12(9-13(2)20)19-14(3)15-5-6-17-11-18(21-4)8-7-16(17)10-15/h5-8,10-14,19-20H,9H2,1-4H3. The van der Waals surface area contributed by atoms with E-state index in [0.29, 0.717) is 0 Å². The monoisotopic (exact) mass is 287 g/mol. The third kappa shape index (κ3) is 4.19. The Morgan fingerprint density at radius 3 is 2.38 bits per heavy atom. The number of hydrogen-bond donors (Lipinski definition) is 2. The fourth-order valence-electron chi connectivity index (χ4n) is 2.74. The van der Waals surface area contributed by atoms with Crippen molar-refractivity contribution in [2.45, 2.75) is 45.4 Å². The van der Waals surface area contributed by atoms with E-state index in [0.717, 1.165) is 12.2 Å². The molecule has 2 aromatic rings. The normalized spacial score (nSPS) is 15.7. The van der Waals surface area contributed by atoms with E-state index in [-0.39, 0.29) is 18.2 Å². The zero-order chi connectivity index (χ0) is 15.4. The highest BCUT2D eigenvalue weighted by Crippen LogP contribution is 2.24. The predicted molar refractivity (Wildman–Crippen MR) is 87.8 cm³/mol. The molecule has 3 nitrogen and oxygen atoms in total. The molecular weight excluding hydrogens is 262 g/mol. The lowest BCUT2D eigenvalue weighted by atomic mass is 10.0. The number of rotatable bonds is 6. The average molecular weight is 287 g/mol. The maximum atomic E-state index is 9.45. The first kappa shape index (κ1) is 15.8. The number of aliphatic hydroxyl groups is 1. The third-order valence-corrected chi connectivity index (χ3v) is 3.80. The van der Waals surface area contributed by atoms with E-state index >= 15 is 0 Å². The molecule has 0 fully saturated rings. The summed E-state index contributed by atoms with van der Waals surface area (Å²) in [5, 5.41) is 15.4. The number of fused-ring (bicyclic) bond motifs is 1. The second kappa shape index (κ2) is 6.92. The fourth-order valence-corrected chi connectivity index (χ4v) is 2.74. The summed E-state index contributed by atoms with van der Waals surface area (Å²) in [5.74, 6) is 0.881. The Hall–Kier alpha value is -1.58. The number of aliphatic hydroxyl groups excluding tert-OH is 1. The molecule has 0 aromatic heterocycles. The van der Waals surface area contributed by atoms with Gasteiger partial charge in [-0.05, 0) is 61.7 Å². The minimum atomic E-state index is -0.274. The van der Waals surface area contributed by atoms with Gasteiger partial charge in [-0.3, -0.25) is 0 Å². The van der Waals surface area contributed by atoms with E-state index in [2.05, 4.69) is 43.4 Å². The number of hydrogen-bond acceptors (Lipinski definition) is 3. The van der Waals surface area contributed by atoms with Crippen molar-refractivity contribution in [2.24, 2.45) is 0 Å². The Labute approximate surface area is 126 Å². The Balaban J connectivity index is 2.14. The van der Waals surface area contributed by atoms with E-state index in [1.165, 1.54) is 16.3 Å². The Kier molecular flexibility index (Phi) is 5.21. The van der Waals surface area contributed by atoms with Crippen molar-refractivity contribution < 1.29 is 9.84 Å². The second-order valence-corrected chi connectivity index (χ2v) is 5.85. The van der Waals surface area contributed by atoms with Gasteiger partial charge in [0.1, 0.15) is 5.75 Å². The Morgan fingerprint density at radius 1 is 1.05 bits per heavy atom. The summed E-state index contributed by atoms with van der Waals surface area (Å²) >= 11 is 0. The van der Waals surface area contributed by atoms with Crippen LogP contribution in [0.2, 0.25) is 0 Å². The number of ether oxygens (including phenoxy) is 1. The molecule has 0 bridgehead atoms. The Morgan fingerprint density at radius 2 is 1.71 bits per heavy atom. The lowest BCUT2D eigenvalue weighted by Gasteiger charge is -2.21. The van der Waals surface area contributed by atoms with Gasteiger partial charge < -0.3 is 15.2 Å². The topological polar surface area (TPSA) is 41.5 Å². The lowest BCUT2D eigenvalue weighted by Crippen LogP contribution is -2.31. The summed E-state index contributed by atoms with van der Waals surface area (Å²) in [6.45, 7) is 6.09. The third-order valence-electron chi connectivity index (χ3n) is 3.80. The molecule has 0 spiro atoms. The summed E-state index contributed by atoms with van der Waals surface area (Å²) in [6.07, 6.45) is 0.485. The van der Waals surface area contributed by atoms with Gasteiger partial charge in [0.05, 0.1) is 13.2 Å². The van der Waals surface area contributed by atoms with Crippen LogP contribution in [0, 0.1) is 0 Å². The number of methoxy groups -OCH3 is 1. The summed E-state index contributed by atoms with van der Waals surface area (Å²) in [6, 6.07) is 13.1. The van der Waals surface area contributed by atoms with E-state index in [4.69, 9.17) is 4.74 Å². The van der Waals surface area contributed by atoms with Crippen molar-refractivity contribution in [1.82, 2.24) is 5.32 Å². The Bertz CT molecular complexity index is 595. The highest BCUT2D eigenvalue weighted by atomic mass is 16.5. The van der Waals surface area contributed by atoms with E-state index < -0.39 is 0 Å². The zero-order valence-corrected chi connectivity index (χ0v) is 13.3. The minimum Gasteiger partial charge on any atom is -0.497 e. The van der Waals surface area contributed by atoms with Crippen LogP contribution in [0.5, 0.6) is 5.75 Å². The van der Waals surface area contributed by atoms with Crippen molar-refractivity contribution in [1.29, 1.82) is 0 Å². The molecule has 0 aliphatic heterocycles. The van der Waals surface area contributed by atoms with Crippen molar-refractivity contribution in [2.75, 3.05) is 7.11 Å². The zero-order valence-electron chi connectivity index (χ0n) is 13.3. The summed E-state index contributed by atoms with van der Waals surface area (Å²) in [7, 11) is 1.69. The van der Waals surface area contributed by atoms with Crippen LogP contribution in [0.15, 0.2) is 36.4 Å². The van der Waals surface area contributed by atoms with Gasteiger partial charge in [-0.2, -0.15) is 0 Å². The maximum absolute atomic E-state index is 9.45. The molecule has 3 atom stereocenters. The van der Waals surface area contributed by atoms with Crippen LogP contribution in [0.1, 0.15) is 38.8 Å². The van der Waals surface area contributed by atoms with Crippen LogP contribution >= 0.6 is 0 Å². The first-order chi connectivity index (χ1) is 9.99. The summed E-state index contributed by atoms with van der Waals surface area (Å²) in [4.78, 5) is 0. The van der Waals surface area contributed by atoms with Crippen LogP contribution in [0.4, 0.5) is 0 Å². The molecule has 114 valence electrons. The SMILES string of the molecule is COc1ccc2cc(C(C)NC(C)CC(C)O)ccc2c1. The summed E-state index contributed by atoms with van der Waals surface area (Å²) < 4.78 is 5.25. The predicted octanol–water partition coefficient (Wildman–Crippen LogP) is 3.66. The highest BCUT2D eigenvalue weighted by molar-refractivity contribution is 5.84. The van der Waals surface area contributed by atoms with Crippen molar-refractivity contribution in [3.8, 4) is 5.75 Å². The van der Waals surface area contributed by atoms with E-state index in [1.54, 1.807) is 7.11 Å². The van der Waals surface area contributed by atoms with Crippen molar-refractivity contribution in [3.63, 3.8) is 0 Å². The summed E-state index contributed by atoms with van der Waals surface area (Å²) in [5.41, 5.74) is 1.25. The second-order valence-electron chi connectivity index (χ2n) is 5.85. The number of benzene rings is 2. The molecule has 0 heterocycles. The molecule has 0 radical (unpaired) electrons. The van der Waals surface area contributed by atoms with Gasteiger partial charge in [0.15, 0.2) is 0 Å². The van der Waals surface area contributed by atoms with Crippen LogP contribution in [0.3, 0.4) is 0 Å². The fraction of sp³-hybridized carbons (Fsp3) is 0.444. The van der Waals surface area contributed by atoms with Crippen LogP contribution in [-0.4, -0.2) is 24.4 Å². The van der Waals surface area contributed by atoms with Gasteiger partial charge in [-0.25, -0.2) is 0 Å². The van der Waals surface area contributed by atoms with Gasteiger partial charge in [0, 0.05) is 12.1 Å². The number of nitrogens with one attached hydrogen (secondary N) is 1. The molecule has 0 saturated carbocycles. The minimum absolute atomic E-state index is 0.255. The van der Waals surface area contributed by atoms with Crippen LogP contribution in [0.25, 0.3) is 10.8 Å². The average Bonchev–Trinajstić information content (AvgIpc) is 2.45. The van der Waals surface area contributed by atoms with Crippen LogP contribution < -0.4 is 10.1 Å². The lowest BCUT2D eigenvalue weighted by molar-refractivity contribution is 0.168. The van der Waals surface area contributed by atoms with E-state index in [1.807, 2.05) is 19.1 Å². The molecule has 21 heavy (non-hydrogen) atoms. The first-order valence-corrected chi connectivity index (χ1v) is 7.51. The van der Waals surface area contributed by atoms with Gasteiger partial charge >= 0.3 is 0 Å². The molecule has 0 saturated heterocycles. The van der Waals surface area contributed by atoms with Gasteiger partial charge in [-0.1, -0.05) is 18.2 Å². The molecule has 0 aliphatic carbocycles. The largest absolute Gasteiger partial charge is 0.497 e. The van der Waals surface area contributed by atoms with Crippen molar-refractivity contribution >= 4 is 10.8 Å². The first-order valence-electron chi connectivity index (χ1n) is 7.51. The molecule has 0 aliphatic rings. The molecule has 2 N–H and O–H groups in total. The molecule has 3 unspecified atom stereocenters. The van der Waals surface area contributed by atoms with Gasteiger partial charge in [0.25, 0.3) is 0 Å². The molecule has 3 heteroatoms. The molecule has 2 aromatic carbocycles. The highest BCUT2D eigenvalue weighted by Gasteiger charge is 2.11. The molecular formula is C18H25NO2.